The Hall–Kier alpha value is -1.03. The van der Waals surface area contributed by atoms with E-state index < -0.39 is 0 Å². The molecule has 1 fully saturated rings. The maximum absolute atomic E-state index is 6.46. The van der Waals surface area contributed by atoms with Crippen molar-refractivity contribution in [1.29, 1.82) is 0 Å². The summed E-state index contributed by atoms with van der Waals surface area (Å²) in [4.78, 5) is 5.84. The van der Waals surface area contributed by atoms with Crippen molar-refractivity contribution in [2.24, 2.45) is 0 Å². The van der Waals surface area contributed by atoms with Crippen molar-refractivity contribution in [3.05, 3.63) is 35.0 Å². The van der Waals surface area contributed by atoms with Gasteiger partial charge in [0, 0.05) is 36.8 Å². The standard InChI is InChI=1S/C15H19ClN2O/c1-19-11-5-4-8-18(9-11)10-14-15(16)12-6-2-3-7-13(12)17-14/h2-3,6-7,11,17H,4-5,8-10H2,1H3/t11-/m0/s1. The number of H-pyrrole nitrogens is 1. The second-order valence-corrected chi connectivity index (χ2v) is 5.58. The Morgan fingerprint density at radius 2 is 2.26 bits per heavy atom. The van der Waals surface area contributed by atoms with E-state index in [1.165, 1.54) is 6.42 Å². The Morgan fingerprint density at radius 3 is 3.05 bits per heavy atom. The highest BCUT2D eigenvalue weighted by atomic mass is 35.5. The van der Waals surface area contributed by atoms with Crippen LogP contribution in [0.2, 0.25) is 5.02 Å². The van der Waals surface area contributed by atoms with E-state index in [9.17, 15) is 0 Å². The second kappa shape index (κ2) is 5.53. The van der Waals surface area contributed by atoms with Gasteiger partial charge in [-0.2, -0.15) is 0 Å². The predicted molar refractivity (Wildman–Crippen MR) is 78.6 cm³/mol. The van der Waals surface area contributed by atoms with Crippen LogP contribution in [0.15, 0.2) is 24.3 Å². The van der Waals surface area contributed by atoms with Crippen LogP contribution in [0.5, 0.6) is 0 Å². The topological polar surface area (TPSA) is 28.3 Å². The fourth-order valence-corrected chi connectivity index (χ4v) is 3.12. The Morgan fingerprint density at radius 1 is 1.42 bits per heavy atom. The lowest BCUT2D eigenvalue weighted by atomic mass is 10.1. The zero-order chi connectivity index (χ0) is 13.2. The number of hydrogen-bond acceptors (Lipinski definition) is 2. The molecule has 0 spiro atoms. The number of nitrogens with one attached hydrogen (secondary N) is 1. The third kappa shape index (κ3) is 2.64. The molecule has 0 unspecified atom stereocenters. The van der Waals surface area contributed by atoms with E-state index >= 15 is 0 Å². The van der Waals surface area contributed by atoms with E-state index in [4.69, 9.17) is 16.3 Å². The molecule has 0 aliphatic carbocycles. The smallest absolute Gasteiger partial charge is 0.0705 e. The largest absolute Gasteiger partial charge is 0.380 e. The number of nitrogens with zero attached hydrogens (tertiary/aromatic N) is 1. The molecule has 2 aromatic rings. The van der Waals surface area contributed by atoms with Crippen LogP contribution in [-0.2, 0) is 11.3 Å². The summed E-state index contributed by atoms with van der Waals surface area (Å²) in [6.45, 7) is 2.97. The van der Waals surface area contributed by atoms with Crippen LogP contribution in [0.4, 0.5) is 0 Å². The molecule has 1 aliphatic heterocycles. The highest BCUT2D eigenvalue weighted by Crippen LogP contribution is 2.28. The van der Waals surface area contributed by atoms with Gasteiger partial charge in [0.1, 0.15) is 0 Å². The molecule has 1 saturated heterocycles. The van der Waals surface area contributed by atoms with Gasteiger partial charge >= 0.3 is 0 Å². The molecule has 0 amide bonds. The molecule has 19 heavy (non-hydrogen) atoms. The van der Waals surface area contributed by atoms with Gasteiger partial charge in [0.15, 0.2) is 0 Å². The summed E-state index contributed by atoms with van der Waals surface area (Å²) in [5.41, 5.74) is 2.22. The van der Waals surface area contributed by atoms with Crippen molar-refractivity contribution in [3.63, 3.8) is 0 Å². The number of halogens is 1. The van der Waals surface area contributed by atoms with Crippen molar-refractivity contribution < 1.29 is 4.74 Å². The monoisotopic (exact) mass is 278 g/mol. The molecule has 1 N–H and O–H groups in total. The van der Waals surface area contributed by atoms with Crippen LogP contribution >= 0.6 is 11.6 Å². The third-order valence-corrected chi connectivity index (χ3v) is 4.32. The summed E-state index contributed by atoms with van der Waals surface area (Å²) in [5, 5.41) is 1.97. The van der Waals surface area contributed by atoms with Crippen molar-refractivity contribution in [3.8, 4) is 0 Å². The van der Waals surface area contributed by atoms with Crippen molar-refractivity contribution in [2.75, 3.05) is 20.2 Å². The summed E-state index contributed by atoms with van der Waals surface area (Å²) in [6.07, 6.45) is 2.71. The number of benzene rings is 1. The Labute approximate surface area is 118 Å². The second-order valence-electron chi connectivity index (χ2n) is 5.20. The number of aromatic nitrogens is 1. The number of para-hydroxylation sites is 1. The molecule has 102 valence electrons. The normalized spacial score (nSPS) is 21.1. The maximum Gasteiger partial charge on any atom is 0.0705 e. The fraction of sp³-hybridized carbons (Fsp3) is 0.467. The highest BCUT2D eigenvalue weighted by Gasteiger charge is 2.21. The molecule has 1 aliphatic rings. The van der Waals surface area contributed by atoms with Crippen LogP contribution in [0, 0.1) is 0 Å². The zero-order valence-electron chi connectivity index (χ0n) is 11.2. The SMILES string of the molecule is CO[C@H]1CCCN(Cc2[nH]c3ccccc3c2Cl)C1. The van der Waals surface area contributed by atoms with Gasteiger partial charge in [-0.25, -0.2) is 0 Å². The van der Waals surface area contributed by atoms with Crippen LogP contribution in [0.1, 0.15) is 18.5 Å². The van der Waals surface area contributed by atoms with Gasteiger partial charge in [0.05, 0.1) is 11.1 Å². The average molecular weight is 279 g/mol. The van der Waals surface area contributed by atoms with Crippen molar-refractivity contribution >= 4 is 22.5 Å². The maximum atomic E-state index is 6.46. The summed E-state index contributed by atoms with van der Waals surface area (Å²) in [7, 11) is 1.80. The number of piperidine rings is 1. The lowest BCUT2D eigenvalue weighted by Crippen LogP contribution is -2.38. The number of hydrogen-bond donors (Lipinski definition) is 1. The number of likely N-dealkylation sites (tertiary alicyclic amines) is 1. The number of methoxy groups -OCH3 is 1. The van der Waals surface area contributed by atoms with E-state index in [0.717, 1.165) is 47.7 Å². The van der Waals surface area contributed by atoms with E-state index in [1.54, 1.807) is 7.11 Å². The molecule has 0 radical (unpaired) electrons. The highest BCUT2D eigenvalue weighted by molar-refractivity contribution is 6.36. The number of ether oxygens (including phenoxy) is 1. The van der Waals surface area contributed by atoms with Gasteiger partial charge in [-0.05, 0) is 25.5 Å². The quantitative estimate of drug-likeness (QED) is 0.932. The first-order valence-electron chi connectivity index (χ1n) is 6.78. The van der Waals surface area contributed by atoms with Crippen molar-refractivity contribution in [2.45, 2.75) is 25.5 Å². The Bertz CT molecular complexity index is 566. The van der Waals surface area contributed by atoms with Gasteiger partial charge in [0.25, 0.3) is 0 Å². The molecule has 0 saturated carbocycles. The minimum Gasteiger partial charge on any atom is -0.380 e. The molecular weight excluding hydrogens is 260 g/mol. The lowest BCUT2D eigenvalue weighted by molar-refractivity contribution is 0.0282. The average Bonchev–Trinajstić information content (AvgIpc) is 2.76. The van der Waals surface area contributed by atoms with Crippen molar-refractivity contribution in [1.82, 2.24) is 9.88 Å². The van der Waals surface area contributed by atoms with Gasteiger partial charge < -0.3 is 9.72 Å². The summed E-state index contributed by atoms with van der Waals surface area (Å²) >= 11 is 6.46. The van der Waals surface area contributed by atoms with Gasteiger partial charge in [0.2, 0.25) is 0 Å². The van der Waals surface area contributed by atoms with Crippen LogP contribution < -0.4 is 0 Å². The van der Waals surface area contributed by atoms with Gasteiger partial charge in [-0.3, -0.25) is 4.90 Å². The molecule has 2 heterocycles. The summed E-state index contributed by atoms with van der Waals surface area (Å²) in [5.74, 6) is 0. The lowest BCUT2D eigenvalue weighted by Gasteiger charge is -2.31. The van der Waals surface area contributed by atoms with E-state index in [2.05, 4.69) is 22.0 Å². The molecule has 3 nitrogen and oxygen atoms in total. The van der Waals surface area contributed by atoms with E-state index in [1.807, 2.05) is 12.1 Å². The summed E-state index contributed by atoms with van der Waals surface area (Å²) in [6, 6.07) is 8.18. The predicted octanol–water partition coefficient (Wildman–Crippen LogP) is 3.43. The Kier molecular flexibility index (Phi) is 3.78. The van der Waals surface area contributed by atoms with E-state index in [0.29, 0.717) is 6.10 Å². The molecule has 4 heteroatoms. The van der Waals surface area contributed by atoms with Gasteiger partial charge in [-0.1, -0.05) is 29.8 Å². The van der Waals surface area contributed by atoms with Crippen LogP contribution in [0.3, 0.4) is 0 Å². The molecule has 1 aromatic heterocycles. The fourth-order valence-electron chi connectivity index (χ4n) is 2.85. The first-order valence-corrected chi connectivity index (χ1v) is 7.16. The third-order valence-electron chi connectivity index (χ3n) is 3.89. The van der Waals surface area contributed by atoms with Gasteiger partial charge in [-0.15, -0.1) is 0 Å². The molecule has 1 aromatic carbocycles. The molecular formula is C15H19ClN2O. The number of fused-ring (bicyclic) bond motifs is 1. The summed E-state index contributed by atoms with van der Waals surface area (Å²) < 4.78 is 5.46. The molecule has 3 rings (SSSR count). The van der Waals surface area contributed by atoms with Crippen LogP contribution in [-0.4, -0.2) is 36.2 Å². The number of aromatic amines is 1. The molecule has 0 bridgehead atoms. The zero-order valence-corrected chi connectivity index (χ0v) is 11.9. The van der Waals surface area contributed by atoms with E-state index in [-0.39, 0.29) is 0 Å². The molecule has 1 atom stereocenters. The van der Waals surface area contributed by atoms with Crippen LogP contribution in [0.25, 0.3) is 10.9 Å². The minimum atomic E-state index is 0.358. The minimum absolute atomic E-state index is 0.358. The Balaban J connectivity index is 1.79. The first kappa shape index (κ1) is 13.0. The number of rotatable bonds is 3. The first-order chi connectivity index (χ1) is 9.28.